The van der Waals surface area contributed by atoms with Crippen LogP contribution in [0.25, 0.3) is 11.5 Å². The molecule has 1 amide bonds. The maximum atomic E-state index is 12.2. The van der Waals surface area contributed by atoms with E-state index in [-0.39, 0.29) is 17.4 Å². The first-order chi connectivity index (χ1) is 11.5. The molecule has 0 radical (unpaired) electrons. The molecule has 7 heteroatoms. The predicted octanol–water partition coefficient (Wildman–Crippen LogP) is 3.47. The molecule has 0 spiro atoms. The Labute approximate surface area is 149 Å². The molecule has 1 heterocycles. The molecule has 1 aromatic heterocycles. The maximum Gasteiger partial charge on any atom is 0.232 e. The summed E-state index contributed by atoms with van der Waals surface area (Å²) in [6, 6.07) is 7.19. The number of hydrogen-bond acceptors (Lipinski definition) is 4. The lowest BCUT2D eigenvalue weighted by atomic mass is 10.2. The van der Waals surface area contributed by atoms with Crippen LogP contribution in [0.5, 0.6) is 0 Å². The molecule has 130 valence electrons. The molecule has 0 aliphatic heterocycles. The summed E-state index contributed by atoms with van der Waals surface area (Å²) in [5.41, 5.74) is 1.37. The molecule has 1 atom stereocenters. The number of aromatic nitrogens is 1. The molecule has 0 aliphatic carbocycles. The van der Waals surface area contributed by atoms with Crippen molar-refractivity contribution in [1.29, 1.82) is 0 Å². The molecule has 1 N–H and O–H groups in total. The van der Waals surface area contributed by atoms with Crippen LogP contribution in [0.1, 0.15) is 31.2 Å². The third-order valence-corrected chi connectivity index (χ3v) is 4.82. The number of halogens is 1. The first-order valence-corrected chi connectivity index (χ1v) is 9.70. The average molecular weight is 369 g/mol. The molecule has 24 heavy (non-hydrogen) atoms. The van der Waals surface area contributed by atoms with Gasteiger partial charge < -0.3 is 9.73 Å². The van der Waals surface area contributed by atoms with Crippen molar-refractivity contribution in [3.63, 3.8) is 0 Å². The van der Waals surface area contributed by atoms with E-state index in [1.54, 1.807) is 19.1 Å². The van der Waals surface area contributed by atoms with Gasteiger partial charge in [0.2, 0.25) is 11.8 Å². The summed E-state index contributed by atoms with van der Waals surface area (Å²) in [6.07, 6.45) is 1.93. The quantitative estimate of drug-likeness (QED) is 0.724. The van der Waals surface area contributed by atoms with E-state index in [9.17, 15) is 9.00 Å². The third kappa shape index (κ3) is 5.46. The summed E-state index contributed by atoms with van der Waals surface area (Å²) in [5.74, 6) is 1.01. The summed E-state index contributed by atoms with van der Waals surface area (Å²) in [5, 5.41) is 3.36. The highest BCUT2D eigenvalue weighted by molar-refractivity contribution is 7.84. The lowest BCUT2D eigenvalue weighted by Gasteiger charge is -2.03. The number of nitrogens with zero attached hydrogens (tertiary/aromatic N) is 1. The van der Waals surface area contributed by atoms with Gasteiger partial charge in [-0.2, -0.15) is 0 Å². The van der Waals surface area contributed by atoms with Crippen molar-refractivity contribution in [3.8, 4) is 11.5 Å². The smallest absolute Gasteiger partial charge is 0.232 e. The Morgan fingerprint density at radius 2 is 2.21 bits per heavy atom. The minimum atomic E-state index is -1.32. The fourth-order valence-corrected chi connectivity index (χ4v) is 3.37. The van der Waals surface area contributed by atoms with Crippen LogP contribution in [-0.4, -0.2) is 27.4 Å². The fraction of sp³-hybridized carbons (Fsp3) is 0.412. The second-order valence-electron chi connectivity index (χ2n) is 5.46. The highest BCUT2D eigenvalue weighted by Gasteiger charge is 2.16. The van der Waals surface area contributed by atoms with Crippen molar-refractivity contribution in [2.45, 2.75) is 32.4 Å². The van der Waals surface area contributed by atoms with E-state index < -0.39 is 10.8 Å². The van der Waals surface area contributed by atoms with Crippen molar-refractivity contribution in [1.82, 2.24) is 10.3 Å². The van der Waals surface area contributed by atoms with Gasteiger partial charge in [0, 0.05) is 27.9 Å². The fourth-order valence-electron chi connectivity index (χ4n) is 2.11. The third-order valence-electron chi connectivity index (χ3n) is 3.41. The van der Waals surface area contributed by atoms with Gasteiger partial charge in [0.25, 0.3) is 0 Å². The predicted molar refractivity (Wildman–Crippen MR) is 96.3 cm³/mol. The van der Waals surface area contributed by atoms with E-state index in [2.05, 4.69) is 17.2 Å². The van der Waals surface area contributed by atoms with Crippen molar-refractivity contribution in [2.24, 2.45) is 0 Å². The number of carbonyl (C=O) groups is 1. The topological polar surface area (TPSA) is 72.2 Å². The number of rotatable bonds is 8. The summed E-state index contributed by atoms with van der Waals surface area (Å²) in [4.78, 5) is 16.1. The zero-order valence-electron chi connectivity index (χ0n) is 13.8. The van der Waals surface area contributed by atoms with Crippen LogP contribution in [-0.2, 0) is 21.3 Å². The SMILES string of the molecule is CCCCNC(=O)C[S@@](=O)Cc1nc(-c2cccc(Cl)c2)oc1C. The Kier molecular flexibility index (Phi) is 6.99. The summed E-state index contributed by atoms with van der Waals surface area (Å²) < 4.78 is 17.8. The normalized spacial score (nSPS) is 12.1. The number of hydrogen-bond donors (Lipinski definition) is 1. The van der Waals surface area contributed by atoms with E-state index >= 15 is 0 Å². The van der Waals surface area contributed by atoms with Crippen molar-refractivity contribution >= 4 is 28.3 Å². The molecule has 0 fully saturated rings. The van der Waals surface area contributed by atoms with Gasteiger partial charge in [-0.25, -0.2) is 4.98 Å². The zero-order chi connectivity index (χ0) is 17.5. The standard InChI is InChI=1S/C17H21ClN2O3S/c1-3-4-8-19-16(21)11-24(22)10-15-12(2)23-17(20-15)13-6-5-7-14(18)9-13/h5-7,9H,3-4,8,10-11H2,1-2H3,(H,19,21)/t24-/m0/s1. The second-order valence-corrected chi connectivity index (χ2v) is 7.36. The average Bonchev–Trinajstić information content (AvgIpc) is 2.88. The molecule has 0 unspecified atom stereocenters. The zero-order valence-corrected chi connectivity index (χ0v) is 15.4. The largest absolute Gasteiger partial charge is 0.441 e. The molecule has 0 aliphatic rings. The van der Waals surface area contributed by atoms with Gasteiger partial charge in [-0.15, -0.1) is 0 Å². The van der Waals surface area contributed by atoms with Crippen LogP contribution < -0.4 is 5.32 Å². The number of amides is 1. The summed E-state index contributed by atoms with van der Waals surface area (Å²) in [7, 11) is -1.32. The molecule has 2 rings (SSSR count). The molecule has 0 bridgehead atoms. The van der Waals surface area contributed by atoms with Crippen LogP contribution in [0.15, 0.2) is 28.7 Å². The Morgan fingerprint density at radius 3 is 2.92 bits per heavy atom. The maximum absolute atomic E-state index is 12.2. The summed E-state index contributed by atoms with van der Waals surface area (Å²) in [6.45, 7) is 4.44. The number of carbonyl (C=O) groups excluding carboxylic acids is 1. The van der Waals surface area contributed by atoms with Crippen molar-refractivity contribution in [3.05, 3.63) is 40.7 Å². The minimum Gasteiger partial charge on any atom is -0.441 e. The second kappa shape index (κ2) is 8.99. The van der Waals surface area contributed by atoms with E-state index in [1.807, 2.05) is 12.1 Å². The van der Waals surface area contributed by atoms with Gasteiger partial charge in [-0.1, -0.05) is 31.0 Å². The Balaban J connectivity index is 1.98. The van der Waals surface area contributed by atoms with Gasteiger partial charge in [0.1, 0.15) is 11.5 Å². The van der Waals surface area contributed by atoms with Crippen molar-refractivity contribution < 1.29 is 13.4 Å². The van der Waals surface area contributed by atoms with Gasteiger partial charge in [0.05, 0.1) is 11.4 Å². The highest BCUT2D eigenvalue weighted by Crippen LogP contribution is 2.24. The number of aryl methyl sites for hydroxylation is 1. The van der Waals surface area contributed by atoms with E-state index in [0.29, 0.717) is 28.9 Å². The van der Waals surface area contributed by atoms with E-state index in [1.165, 1.54) is 0 Å². The number of unbranched alkanes of at least 4 members (excludes halogenated alkanes) is 1. The van der Waals surface area contributed by atoms with E-state index in [0.717, 1.165) is 18.4 Å². The number of nitrogens with one attached hydrogen (secondary N) is 1. The molecule has 2 aromatic rings. The van der Waals surface area contributed by atoms with E-state index in [4.69, 9.17) is 16.0 Å². The highest BCUT2D eigenvalue weighted by atomic mass is 35.5. The first-order valence-electron chi connectivity index (χ1n) is 7.83. The lowest BCUT2D eigenvalue weighted by Crippen LogP contribution is -2.29. The van der Waals surface area contributed by atoms with Crippen LogP contribution in [0.3, 0.4) is 0 Å². The number of oxazole rings is 1. The lowest BCUT2D eigenvalue weighted by molar-refractivity contribution is -0.118. The minimum absolute atomic E-state index is 0.0253. The summed E-state index contributed by atoms with van der Waals surface area (Å²) >= 11 is 5.97. The molecule has 5 nitrogen and oxygen atoms in total. The molecule has 0 saturated heterocycles. The Morgan fingerprint density at radius 1 is 1.42 bits per heavy atom. The van der Waals surface area contributed by atoms with Crippen LogP contribution in [0.2, 0.25) is 5.02 Å². The van der Waals surface area contributed by atoms with Gasteiger partial charge in [-0.05, 0) is 31.5 Å². The molecule has 1 aromatic carbocycles. The van der Waals surface area contributed by atoms with Crippen LogP contribution in [0, 0.1) is 6.92 Å². The molecular weight excluding hydrogens is 348 g/mol. The monoisotopic (exact) mass is 368 g/mol. The van der Waals surface area contributed by atoms with Crippen LogP contribution >= 0.6 is 11.6 Å². The van der Waals surface area contributed by atoms with Crippen LogP contribution in [0.4, 0.5) is 0 Å². The first kappa shape index (κ1) is 18.7. The van der Waals surface area contributed by atoms with Crippen molar-refractivity contribution in [2.75, 3.05) is 12.3 Å². The molecule has 0 saturated carbocycles. The Hall–Kier alpha value is -1.66. The van der Waals surface area contributed by atoms with Gasteiger partial charge >= 0.3 is 0 Å². The van der Waals surface area contributed by atoms with Gasteiger partial charge in [-0.3, -0.25) is 9.00 Å². The Bertz CT molecular complexity index is 730. The van der Waals surface area contributed by atoms with Gasteiger partial charge in [0.15, 0.2) is 0 Å². The number of benzene rings is 1. The molecular formula is C17H21ClN2O3S.